The second-order valence-electron chi connectivity index (χ2n) is 3.00. The molecule has 2 aromatic rings. The molecule has 0 fully saturated rings. The summed E-state index contributed by atoms with van der Waals surface area (Å²) in [6.45, 7) is 0. The van der Waals surface area contributed by atoms with Crippen LogP contribution in [-0.2, 0) is 0 Å². The number of methoxy groups -OCH3 is 1. The molecule has 1 aromatic carbocycles. The zero-order valence-electron chi connectivity index (χ0n) is 8.58. The van der Waals surface area contributed by atoms with Crippen LogP contribution in [0.15, 0.2) is 29.5 Å². The molecule has 0 spiro atoms. The average Bonchev–Trinajstić information content (AvgIpc) is 2.81. The number of phenolic OH excluding ortho intramolecular Hbond substituents is 1. The first-order valence-corrected chi connectivity index (χ1v) is 4.56. The fraction of sp³-hybridized carbons (Fsp3) is 0.100. The molecule has 6 nitrogen and oxygen atoms in total. The zero-order valence-corrected chi connectivity index (χ0v) is 8.58. The maximum atomic E-state index is 9.39. The minimum Gasteiger partial charge on any atom is -0.504 e. The van der Waals surface area contributed by atoms with Crippen molar-refractivity contribution in [2.45, 2.75) is 0 Å². The van der Waals surface area contributed by atoms with Crippen molar-refractivity contribution in [3.8, 4) is 11.5 Å². The molecular weight excluding hydrogens is 208 g/mol. The monoisotopic (exact) mass is 218 g/mol. The van der Waals surface area contributed by atoms with E-state index >= 15 is 0 Å². The van der Waals surface area contributed by atoms with Crippen LogP contribution in [0.2, 0.25) is 0 Å². The Kier molecular flexibility index (Phi) is 2.81. The summed E-state index contributed by atoms with van der Waals surface area (Å²) in [5.41, 5.74) is 0.797. The summed E-state index contributed by atoms with van der Waals surface area (Å²) in [5.74, 6) is 0.924. The molecule has 0 aliphatic heterocycles. The summed E-state index contributed by atoms with van der Waals surface area (Å²) in [6.07, 6.45) is 2.98. The number of ether oxygens (including phenoxy) is 1. The fourth-order valence-electron chi connectivity index (χ4n) is 1.17. The van der Waals surface area contributed by atoms with Gasteiger partial charge in [0.05, 0.1) is 7.11 Å². The number of aromatic nitrogens is 3. The van der Waals surface area contributed by atoms with E-state index in [2.05, 4.69) is 20.2 Å². The molecule has 6 heteroatoms. The number of aliphatic imine (C=N–C) groups is 1. The number of rotatable bonds is 3. The highest BCUT2D eigenvalue weighted by Crippen LogP contribution is 2.25. The van der Waals surface area contributed by atoms with Gasteiger partial charge in [-0.25, -0.2) is 10.1 Å². The van der Waals surface area contributed by atoms with Crippen molar-refractivity contribution in [2.24, 2.45) is 4.99 Å². The van der Waals surface area contributed by atoms with E-state index in [9.17, 15) is 5.11 Å². The van der Waals surface area contributed by atoms with Crippen molar-refractivity contribution in [2.75, 3.05) is 7.11 Å². The van der Waals surface area contributed by atoms with Crippen molar-refractivity contribution in [1.29, 1.82) is 0 Å². The van der Waals surface area contributed by atoms with Gasteiger partial charge < -0.3 is 9.84 Å². The molecule has 0 aliphatic carbocycles. The number of nitrogens with one attached hydrogen (secondary N) is 1. The topological polar surface area (TPSA) is 83.4 Å². The highest BCUT2D eigenvalue weighted by atomic mass is 16.5. The van der Waals surface area contributed by atoms with E-state index in [1.54, 1.807) is 24.4 Å². The number of hydrogen-bond acceptors (Lipinski definition) is 5. The van der Waals surface area contributed by atoms with Crippen LogP contribution in [0.3, 0.4) is 0 Å². The van der Waals surface area contributed by atoms with E-state index in [4.69, 9.17) is 4.74 Å². The Balaban J connectivity index is 2.22. The average molecular weight is 218 g/mol. The van der Waals surface area contributed by atoms with Gasteiger partial charge in [-0.1, -0.05) is 0 Å². The standard InChI is InChI=1S/C10H10N4O2/c1-16-9-4-7(2-3-8(9)15)5-11-10-12-6-13-14-10/h2-6,15H,1H3,(H,12,13,14)/b11-5-. The number of benzene rings is 1. The molecule has 0 aliphatic rings. The second kappa shape index (κ2) is 4.43. The Morgan fingerprint density at radius 1 is 1.50 bits per heavy atom. The number of H-pyrrole nitrogens is 1. The van der Waals surface area contributed by atoms with Crippen molar-refractivity contribution >= 4 is 12.2 Å². The lowest BCUT2D eigenvalue weighted by atomic mass is 10.2. The van der Waals surface area contributed by atoms with Gasteiger partial charge in [0.15, 0.2) is 11.5 Å². The molecule has 0 saturated carbocycles. The van der Waals surface area contributed by atoms with Gasteiger partial charge in [-0.15, -0.1) is 0 Å². The first kappa shape index (κ1) is 10.2. The quantitative estimate of drug-likeness (QED) is 0.760. The van der Waals surface area contributed by atoms with Crippen LogP contribution in [-0.4, -0.2) is 33.6 Å². The smallest absolute Gasteiger partial charge is 0.245 e. The molecule has 82 valence electrons. The van der Waals surface area contributed by atoms with Gasteiger partial charge in [-0.2, -0.15) is 10.1 Å². The fourth-order valence-corrected chi connectivity index (χ4v) is 1.17. The summed E-state index contributed by atoms with van der Waals surface area (Å²) in [5, 5.41) is 15.7. The number of aromatic amines is 1. The second-order valence-corrected chi connectivity index (χ2v) is 3.00. The van der Waals surface area contributed by atoms with E-state index in [-0.39, 0.29) is 5.75 Å². The van der Waals surface area contributed by atoms with Gasteiger partial charge in [0.2, 0.25) is 5.95 Å². The van der Waals surface area contributed by atoms with Crippen LogP contribution in [0.5, 0.6) is 11.5 Å². The molecule has 2 rings (SSSR count). The Morgan fingerprint density at radius 3 is 3.06 bits per heavy atom. The first-order valence-electron chi connectivity index (χ1n) is 4.56. The predicted molar refractivity (Wildman–Crippen MR) is 58.3 cm³/mol. The largest absolute Gasteiger partial charge is 0.504 e. The Labute approximate surface area is 91.6 Å². The van der Waals surface area contributed by atoms with Gasteiger partial charge in [0.1, 0.15) is 6.33 Å². The lowest BCUT2D eigenvalue weighted by molar-refractivity contribution is 0.373. The summed E-state index contributed by atoms with van der Waals surface area (Å²) in [6, 6.07) is 4.94. The van der Waals surface area contributed by atoms with Gasteiger partial charge >= 0.3 is 0 Å². The predicted octanol–water partition coefficient (Wildman–Crippen LogP) is 1.27. The SMILES string of the molecule is COc1cc(/C=N\c2ncn[nH]2)ccc1O. The molecule has 0 amide bonds. The van der Waals surface area contributed by atoms with Crippen molar-refractivity contribution in [3.05, 3.63) is 30.1 Å². The lowest BCUT2D eigenvalue weighted by Gasteiger charge is -2.02. The molecule has 2 N–H and O–H groups in total. The summed E-state index contributed by atoms with van der Waals surface area (Å²) in [4.78, 5) is 7.90. The maximum absolute atomic E-state index is 9.39. The summed E-state index contributed by atoms with van der Waals surface area (Å²) < 4.78 is 4.98. The normalized spacial score (nSPS) is 10.8. The third-order valence-electron chi connectivity index (χ3n) is 1.94. The molecule has 1 aromatic heterocycles. The third-order valence-corrected chi connectivity index (χ3v) is 1.94. The minimum atomic E-state index is 0.0966. The first-order chi connectivity index (χ1) is 7.79. The van der Waals surface area contributed by atoms with E-state index in [0.717, 1.165) is 5.56 Å². The summed E-state index contributed by atoms with van der Waals surface area (Å²) >= 11 is 0. The molecule has 0 bridgehead atoms. The van der Waals surface area contributed by atoms with Crippen molar-refractivity contribution in [1.82, 2.24) is 15.2 Å². The molecule has 0 atom stereocenters. The highest BCUT2D eigenvalue weighted by Gasteiger charge is 2.00. The Morgan fingerprint density at radius 2 is 2.38 bits per heavy atom. The van der Waals surface area contributed by atoms with E-state index in [1.807, 2.05) is 0 Å². The Bertz CT molecular complexity index is 494. The van der Waals surface area contributed by atoms with E-state index in [0.29, 0.717) is 11.7 Å². The molecule has 0 saturated heterocycles. The van der Waals surface area contributed by atoms with Crippen LogP contribution < -0.4 is 4.74 Å². The van der Waals surface area contributed by atoms with Gasteiger partial charge in [-0.05, 0) is 23.8 Å². The van der Waals surface area contributed by atoms with Crippen LogP contribution in [0, 0.1) is 0 Å². The van der Waals surface area contributed by atoms with E-state index < -0.39 is 0 Å². The van der Waals surface area contributed by atoms with Crippen LogP contribution in [0.1, 0.15) is 5.56 Å². The van der Waals surface area contributed by atoms with Crippen molar-refractivity contribution in [3.63, 3.8) is 0 Å². The molecule has 0 unspecified atom stereocenters. The molecule has 16 heavy (non-hydrogen) atoms. The molecule has 0 radical (unpaired) electrons. The number of phenols is 1. The van der Waals surface area contributed by atoms with Gasteiger partial charge in [-0.3, -0.25) is 0 Å². The minimum absolute atomic E-state index is 0.0966. The Hall–Kier alpha value is -2.37. The molecular formula is C10H10N4O2. The van der Waals surface area contributed by atoms with Crippen molar-refractivity contribution < 1.29 is 9.84 Å². The number of aromatic hydroxyl groups is 1. The van der Waals surface area contributed by atoms with Crippen LogP contribution in [0.4, 0.5) is 5.95 Å². The summed E-state index contributed by atoms with van der Waals surface area (Å²) in [7, 11) is 1.49. The van der Waals surface area contributed by atoms with Crippen LogP contribution >= 0.6 is 0 Å². The van der Waals surface area contributed by atoms with Gasteiger partial charge in [0, 0.05) is 6.21 Å². The zero-order chi connectivity index (χ0) is 11.4. The van der Waals surface area contributed by atoms with Crippen LogP contribution in [0.25, 0.3) is 0 Å². The highest BCUT2D eigenvalue weighted by molar-refractivity contribution is 5.82. The van der Waals surface area contributed by atoms with Gasteiger partial charge in [0.25, 0.3) is 0 Å². The number of hydrogen-bond donors (Lipinski definition) is 2. The molecule has 1 heterocycles. The number of nitrogens with zero attached hydrogens (tertiary/aromatic N) is 3. The lowest BCUT2D eigenvalue weighted by Crippen LogP contribution is -1.87. The van der Waals surface area contributed by atoms with E-state index in [1.165, 1.54) is 13.4 Å². The maximum Gasteiger partial charge on any atom is 0.245 e. The third kappa shape index (κ3) is 2.17.